The third-order valence-electron chi connectivity index (χ3n) is 3.99. The van der Waals surface area contributed by atoms with E-state index in [9.17, 15) is 0 Å². The summed E-state index contributed by atoms with van der Waals surface area (Å²) in [6.07, 6.45) is 2.42. The normalized spacial score (nSPS) is 17.7. The number of nitrogens with one attached hydrogen (secondary N) is 1. The van der Waals surface area contributed by atoms with Gasteiger partial charge in [-0.3, -0.25) is 0 Å². The van der Waals surface area contributed by atoms with Crippen LogP contribution in [0.15, 0.2) is 36.4 Å². The highest BCUT2D eigenvalue weighted by Gasteiger charge is 2.17. The molecule has 0 aliphatic carbocycles. The summed E-state index contributed by atoms with van der Waals surface area (Å²) >= 11 is 0. The summed E-state index contributed by atoms with van der Waals surface area (Å²) in [4.78, 5) is 7.19. The van der Waals surface area contributed by atoms with E-state index in [0.717, 1.165) is 11.3 Å². The van der Waals surface area contributed by atoms with Crippen LogP contribution in [0.3, 0.4) is 0 Å². The van der Waals surface area contributed by atoms with E-state index in [1.54, 1.807) is 0 Å². The van der Waals surface area contributed by atoms with Gasteiger partial charge in [-0.15, -0.1) is 0 Å². The summed E-state index contributed by atoms with van der Waals surface area (Å²) in [5.41, 5.74) is 1.07. The number of para-hydroxylation sites is 1. The number of pyridine rings is 1. The molecule has 0 radical (unpaired) electrons. The second-order valence-electron chi connectivity index (χ2n) is 5.24. The molecule has 1 aliphatic rings. The number of anilines is 1. The number of hydrogen-bond acceptors (Lipinski definition) is 3. The quantitative estimate of drug-likeness (QED) is 0.913. The van der Waals surface area contributed by atoms with Gasteiger partial charge in [0.1, 0.15) is 5.82 Å². The highest BCUT2D eigenvalue weighted by molar-refractivity contribution is 5.80. The van der Waals surface area contributed by atoms with Gasteiger partial charge in [0.05, 0.1) is 5.52 Å². The van der Waals surface area contributed by atoms with Gasteiger partial charge in [-0.1, -0.05) is 25.1 Å². The van der Waals surface area contributed by atoms with Gasteiger partial charge in [0.15, 0.2) is 0 Å². The molecule has 19 heavy (non-hydrogen) atoms. The molecule has 1 aromatic carbocycles. The Kier molecular flexibility index (Phi) is 3.65. The largest absolute Gasteiger partial charge is 0.367 e. The molecule has 0 atom stereocenters. The van der Waals surface area contributed by atoms with Crippen molar-refractivity contribution >= 4 is 16.7 Å². The number of benzene rings is 1. The number of nitrogens with zero attached hydrogens (tertiary/aromatic N) is 2. The van der Waals surface area contributed by atoms with Gasteiger partial charge in [-0.25, -0.2) is 4.98 Å². The zero-order chi connectivity index (χ0) is 13.1. The molecule has 0 unspecified atom stereocenters. The lowest BCUT2D eigenvalue weighted by Crippen LogP contribution is -2.38. The van der Waals surface area contributed by atoms with Gasteiger partial charge in [0.25, 0.3) is 0 Å². The number of piperidine rings is 1. The van der Waals surface area contributed by atoms with Crippen molar-refractivity contribution in [1.82, 2.24) is 9.88 Å². The summed E-state index contributed by atoms with van der Waals surface area (Å²) in [6.45, 7) is 5.79. The van der Waals surface area contributed by atoms with E-state index in [0.29, 0.717) is 6.04 Å². The summed E-state index contributed by atoms with van der Waals surface area (Å²) < 4.78 is 0. The van der Waals surface area contributed by atoms with E-state index in [1.807, 2.05) is 6.07 Å². The van der Waals surface area contributed by atoms with Gasteiger partial charge in [-0.2, -0.15) is 0 Å². The highest BCUT2D eigenvalue weighted by atomic mass is 15.1. The van der Waals surface area contributed by atoms with Gasteiger partial charge in [-0.05, 0) is 37.6 Å². The lowest BCUT2D eigenvalue weighted by atomic mass is 10.1. The minimum absolute atomic E-state index is 0.566. The lowest BCUT2D eigenvalue weighted by molar-refractivity contribution is 0.229. The molecule has 1 aliphatic heterocycles. The molecule has 3 rings (SSSR count). The Morgan fingerprint density at radius 2 is 1.95 bits per heavy atom. The zero-order valence-corrected chi connectivity index (χ0v) is 11.5. The van der Waals surface area contributed by atoms with Crippen molar-refractivity contribution in [3.8, 4) is 0 Å². The minimum atomic E-state index is 0.566. The van der Waals surface area contributed by atoms with E-state index < -0.39 is 0 Å². The van der Waals surface area contributed by atoms with Crippen LogP contribution in [0.25, 0.3) is 10.9 Å². The first-order chi connectivity index (χ1) is 9.35. The third kappa shape index (κ3) is 2.87. The first kappa shape index (κ1) is 12.4. The molecule has 0 saturated carbocycles. The number of rotatable bonds is 3. The molecular weight excluding hydrogens is 234 g/mol. The molecule has 2 aromatic rings. The smallest absolute Gasteiger partial charge is 0.126 e. The Morgan fingerprint density at radius 3 is 2.74 bits per heavy atom. The van der Waals surface area contributed by atoms with Crippen LogP contribution in [0.4, 0.5) is 5.82 Å². The maximum Gasteiger partial charge on any atom is 0.126 e. The van der Waals surface area contributed by atoms with Crippen LogP contribution >= 0.6 is 0 Å². The predicted octanol–water partition coefficient (Wildman–Crippen LogP) is 3.13. The van der Waals surface area contributed by atoms with Crippen molar-refractivity contribution in [2.45, 2.75) is 25.8 Å². The second kappa shape index (κ2) is 5.57. The van der Waals surface area contributed by atoms with E-state index in [1.165, 1.54) is 37.9 Å². The molecule has 1 saturated heterocycles. The Labute approximate surface area is 114 Å². The number of fused-ring (bicyclic) bond motifs is 1. The summed E-state index contributed by atoms with van der Waals surface area (Å²) in [5.74, 6) is 1.01. The van der Waals surface area contributed by atoms with Crippen molar-refractivity contribution < 1.29 is 0 Å². The molecule has 3 heteroatoms. The van der Waals surface area contributed by atoms with Crippen molar-refractivity contribution in [3.05, 3.63) is 36.4 Å². The summed E-state index contributed by atoms with van der Waals surface area (Å²) in [5, 5.41) is 4.78. The first-order valence-electron chi connectivity index (χ1n) is 7.20. The fourth-order valence-electron chi connectivity index (χ4n) is 2.75. The van der Waals surface area contributed by atoms with Gasteiger partial charge >= 0.3 is 0 Å². The van der Waals surface area contributed by atoms with Crippen LogP contribution in [0.1, 0.15) is 19.8 Å². The SMILES string of the molecule is CCN1CCC(Nc2ccc3ccccc3n2)CC1. The van der Waals surface area contributed by atoms with Crippen molar-refractivity contribution in [3.63, 3.8) is 0 Å². The molecule has 0 amide bonds. The van der Waals surface area contributed by atoms with Crippen LogP contribution in [0.2, 0.25) is 0 Å². The van der Waals surface area contributed by atoms with Gasteiger partial charge in [0.2, 0.25) is 0 Å². The molecule has 1 N–H and O–H groups in total. The van der Waals surface area contributed by atoms with Crippen LogP contribution in [-0.2, 0) is 0 Å². The van der Waals surface area contributed by atoms with E-state index in [4.69, 9.17) is 0 Å². The van der Waals surface area contributed by atoms with Crippen molar-refractivity contribution in [2.24, 2.45) is 0 Å². The zero-order valence-electron chi connectivity index (χ0n) is 11.5. The van der Waals surface area contributed by atoms with Crippen LogP contribution in [0.5, 0.6) is 0 Å². The van der Waals surface area contributed by atoms with E-state index in [2.05, 4.69) is 52.5 Å². The second-order valence-corrected chi connectivity index (χ2v) is 5.24. The molecule has 0 spiro atoms. The van der Waals surface area contributed by atoms with Gasteiger partial charge in [0, 0.05) is 24.5 Å². The Morgan fingerprint density at radius 1 is 1.16 bits per heavy atom. The minimum Gasteiger partial charge on any atom is -0.367 e. The Bertz CT molecular complexity index is 544. The molecule has 0 bridgehead atoms. The molecular formula is C16H21N3. The third-order valence-corrected chi connectivity index (χ3v) is 3.99. The number of likely N-dealkylation sites (tertiary alicyclic amines) is 1. The average Bonchev–Trinajstić information content (AvgIpc) is 2.48. The molecule has 1 aromatic heterocycles. The van der Waals surface area contributed by atoms with Crippen LogP contribution in [-0.4, -0.2) is 35.6 Å². The fraction of sp³-hybridized carbons (Fsp3) is 0.438. The molecule has 100 valence electrons. The fourth-order valence-corrected chi connectivity index (χ4v) is 2.75. The maximum absolute atomic E-state index is 4.68. The topological polar surface area (TPSA) is 28.2 Å². The van der Waals surface area contributed by atoms with E-state index >= 15 is 0 Å². The summed E-state index contributed by atoms with van der Waals surface area (Å²) in [6, 6.07) is 13.1. The Balaban J connectivity index is 1.68. The van der Waals surface area contributed by atoms with Crippen molar-refractivity contribution in [2.75, 3.05) is 25.0 Å². The molecule has 2 heterocycles. The average molecular weight is 255 g/mol. The lowest BCUT2D eigenvalue weighted by Gasteiger charge is -2.31. The maximum atomic E-state index is 4.68. The monoisotopic (exact) mass is 255 g/mol. The predicted molar refractivity (Wildman–Crippen MR) is 80.5 cm³/mol. The molecule has 1 fully saturated rings. The van der Waals surface area contributed by atoms with Crippen molar-refractivity contribution in [1.29, 1.82) is 0 Å². The summed E-state index contributed by atoms with van der Waals surface area (Å²) in [7, 11) is 0. The van der Waals surface area contributed by atoms with Gasteiger partial charge < -0.3 is 10.2 Å². The number of hydrogen-bond donors (Lipinski definition) is 1. The standard InChI is InChI=1S/C16H21N3/c1-2-19-11-9-14(10-12-19)17-16-8-7-13-5-3-4-6-15(13)18-16/h3-8,14H,2,9-12H2,1H3,(H,17,18). The van der Waals surface area contributed by atoms with Crippen LogP contribution in [0, 0.1) is 0 Å². The first-order valence-corrected chi connectivity index (χ1v) is 7.20. The van der Waals surface area contributed by atoms with E-state index in [-0.39, 0.29) is 0 Å². The number of aromatic nitrogens is 1. The Hall–Kier alpha value is -1.61. The molecule has 3 nitrogen and oxygen atoms in total. The highest BCUT2D eigenvalue weighted by Crippen LogP contribution is 2.18. The van der Waals surface area contributed by atoms with Crippen LogP contribution < -0.4 is 5.32 Å².